The van der Waals surface area contributed by atoms with E-state index in [9.17, 15) is 31.6 Å². The monoisotopic (exact) mass is 567 g/mol. The van der Waals surface area contributed by atoms with Gasteiger partial charge in [-0.05, 0) is 36.2 Å². The molecule has 0 fully saturated rings. The zero-order chi connectivity index (χ0) is 28.7. The smallest absolute Gasteiger partial charge is 0.435 e. The van der Waals surface area contributed by atoms with Crippen LogP contribution < -0.4 is 4.74 Å². The van der Waals surface area contributed by atoms with Crippen molar-refractivity contribution < 1.29 is 35.5 Å². The summed E-state index contributed by atoms with van der Waals surface area (Å²) in [5, 5.41) is 12.8. The first kappa shape index (κ1) is 28.0. The maximum Gasteiger partial charge on any atom is 0.435 e. The van der Waals surface area contributed by atoms with Crippen molar-refractivity contribution in [2.45, 2.75) is 25.9 Å². The van der Waals surface area contributed by atoms with E-state index in [1.165, 1.54) is 6.07 Å². The number of aromatic nitrogens is 2. The number of aryl methyl sites for hydroxylation is 2. The minimum Gasteiger partial charge on any atom is -0.488 e. The molecule has 4 rings (SSSR count). The number of nitriles is 1. The lowest BCUT2D eigenvalue weighted by molar-refractivity contribution is -0.141. The van der Waals surface area contributed by atoms with Crippen molar-refractivity contribution in [2.75, 3.05) is 0 Å². The van der Waals surface area contributed by atoms with E-state index >= 15 is 4.39 Å². The molecule has 0 N–H and O–H groups in total. The minimum atomic E-state index is -4.87. The molecular formula is C27H17ClF7N3O. The van der Waals surface area contributed by atoms with Crippen molar-refractivity contribution in [3.63, 3.8) is 0 Å². The van der Waals surface area contributed by atoms with Crippen molar-refractivity contribution in [1.82, 2.24) is 9.78 Å². The third kappa shape index (κ3) is 5.71. The summed E-state index contributed by atoms with van der Waals surface area (Å²) < 4.78 is 103. The van der Waals surface area contributed by atoms with E-state index in [1.54, 1.807) is 30.3 Å². The second-order valence-corrected chi connectivity index (χ2v) is 9.00. The number of nitrogens with zero attached hydrogens (tertiary/aromatic N) is 3. The first-order valence-electron chi connectivity index (χ1n) is 11.1. The van der Waals surface area contributed by atoms with Crippen LogP contribution in [0.1, 0.15) is 27.9 Å². The molecule has 0 aliphatic carbocycles. The van der Waals surface area contributed by atoms with E-state index in [-0.39, 0.29) is 23.5 Å². The number of rotatable bonds is 5. The van der Waals surface area contributed by atoms with Gasteiger partial charge in [0.1, 0.15) is 24.2 Å². The molecule has 0 radical (unpaired) electrons. The Morgan fingerprint density at radius 2 is 1.62 bits per heavy atom. The van der Waals surface area contributed by atoms with Crippen LogP contribution in [-0.4, -0.2) is 9.78 Å². The fraction of sp³-hybridized carbons (Fsp3) is 0.185. The van der Waals surface area contributed by atoms with Crippen molar-refractivity contribution in [1.29, 1.82) is 5.26 Å². The third-order valence-electron chi connectivity index (χ3n) is 5.86. The van der Waals surface area contributed by atoms with Gasteiger partial charge in [0, 0.05) is 18.7 Å². The predicted molar refractivity (Wildman–Crippen MR) is 129 cm³/mol. The highest BCUT2D eigenvalue weighted by Crippen LogP contribution is 2.44. The maximum absolute atomic E-state index is 15.5. The largest absolute Gasteiger partial charge is 0.488 e. The van der Waals surface area contributed by atoms with Crippen LogP contribution in [0.5, 0.6) is 5.75 Å². The fourth-order valence-electron chi connectivity index (χ4n) is 3.97. The topological polar surface area (TPSA) is 50.8 Å². The molecule has 0 saturated carbocycles. The lowest BCUT2D eigenvalue weighted by Crippen LogP contribution is -2.07. The minimum absolute atomic E-state index is 0.138. The Labute approximate surface area is 222 Å². The molecule has 0 atom stereocenters. The highest BCUT2D eigenvalue weighted by atomic mass is 35.5. The zero-order valence-corrected chi connectivity index (χ0v) is 20.9. The van der Waals surface area contributed by atoms with Crippen LogP contribution in [-0.2, 0) is 26.0 Å². The van der Waals surface area contributed by atoms with Gasteiger partial charge in [0.25, 0.3) is 0 Å². The molecule has 0 spiro atoms. The van der Waals surface area contributed by atoms with Crippen LogP contribution in [0.4, 0.5) is 30.7 Å². The summed E-state index contributed by atoms with van der Waals surface area (Å²) in [5.41, 5.74) is -2.95. The molecular weight excluding hydrogens is 551 g/mol. The number of ether oxygens (including phenoxy) is 1. The van der Waals surface area contributed by atoms with Gasteiger partial charge in [-0.3, -0.25) is 4.68 Å². The number of halogens is 8. The number of alkyl halides is 6. The molecule has 0 saturated heterocycles. The van der Waals surface area contributed by atoms with E-state index in [0.29, 0.717) is 17.7 Å². The highest BCUT2D eigenvalue weighted by molar-refractivity contribution is 6.31. The van der Waals surface area contributed by atoms with Gasteiger partial charge < -0.3 is 4.74 Å². The van der Waals surface area contributed by atoms with Crippen LogP contribution in [0.25, 0.3) is 22.4 Å². The lowest BCUT2D eigenvalue weighted by Gasteiger charge is -2.19. The second-order valence-electron chi connectivity index (χ2n) is 8.60. The molecule has 0 unspecified atom stereocenters. The van der Waals surface area contributed by atoms with E-state index in [1.807, 2.05) is 6.92 Å². The Morgan fingerprint density at radius 1 is 0.949 bits per heavy atom. The number of hydrogen-bond acceptors (Lipinski definition) is 3. The zero-order valence-electron chi connectivity index (χ0n) is 20.2. The fourth-order valence-corrected chi connectivity index (χ4v) is 4.20. The van der Waals surface area contributed by atoms with Crippen molar-refractivity contribution >= 4 is 11.6 Å². The van der Waals surface area contributed by atoms with Crippen LogP contribution in [0.15, 0.2) is 54.6 Å². The summed E-state index contributed by atoms with van der Waals surface area (Å²) in [7, 11) is 1.12. The Morgan fingerprint density at radius 3 is 2.18 bits per heavy atom. The van der Waals surface area contributed by atoms with Crippen LogP contribution in [0.3, 0.4) is 0 Å². The SMILES string of the molecule is Cc1ccc(COc2cc(F)c(-c3cc(C(F)(F)F)nn3C)c(C#N)c2-c2ccc(Cl)c(C(F)(F)F)c2)cc1. The second kappa shape index (κ2) is 10.3. The molecule has 0 aliphatic rings. The van der Waals surface area contributed by atoms with Gasteiger partial charge in [0.15, 0.2) is 5.69 Å². The molecule has 0 bridgehead atoms. The van der Waals surface area contributed by atoms with E-state index < -0.39 is 51.3 Å². The molecule has 4 aromatic rings. The highest BCUT2D eigenvalue weighted by Gasteiger charge is 2.37. The molecule has 39 heavy (non-hydrogen) atoms. The summed E-state index contributed by atoms with van der Waals surface area (Å²) in [6.45, 7) is 1.72. The molecule has 0 amide bonds. The van der Waals surface area contributed by atoms with Gasteiger partial charge in [-0.15, -0.1) is 0 Å². The summed E-state index contributed by atoms with van der Waals surface area (Å²) in [5.74, 6) is -1.42. The van der Waals surface area contributed by atoms with Gasteiger partial charge in [0.2, 0.25) is 0 Å². The standard InChI is InChI=1S/C27H17ClF7N3O/c1-14-3-5-15(6-4-14)13-39-22-10-20(29)25(21-11-23(27(33,34)35)37-38(21)2)17(12-36)24(22)16-7-8-19(28)18(9-16)26(30,31)32/h3-11H,13H2,1-2H3. The summed E-state index contributed by atoms with van der Waals surface area (Å²) in [6, 6.07) is 13.0. The van der Waals surface area contributed by atoms with Gasteiger partial charge >= 0.3 is 12.4 Å². The van der Waals surface area contributed by atoms with Gasteiger partial charge in [-0.2, -0.15) is 36.7 Å². The molecule has 3 aromatic carbocycles. The van der Waals surface area contributed by atoms with Gasteiger partial charge in [-0.1, -0.05) is 47.5 Å². The van der Waals surface area contributed by atoms with Crippen LogP contribution in [0, 0.1) is 24.1 Å². The molecule has 1 heterocycles. The average Bonchev–Trinajstić information content (AvgIpc) is 3.24. The molecule has 4 nitrogen and oxygen atoms in total. The Kier molecular flexibility index (Phi) is 7.36. The summed E-state index contributed by atoms with van der Waals surface area (Å²) in [4.78, 5) is 0. The normalized spacial score (nSPS) is 11.9. The number of hydrogen-bond donors (Lipinski definition) is 0. The van der Waals surface area contributed by atoms with E-state index in [2.05, 4.69) is 5.10 Å². The Bertz CT molecular complexity index is 1580. The van der Waals surface area contributed by atoms with Gasteiger partial charge in [0.05, 0.1) is 27.4 Å². The first-order valence-corrected chi connectivity index (χ1v) is 11.5. The quantitative estimate of drug-likeness (QED) is 0.228. The van der Waals surface area contributed by atoms with Crippen LogP contribution >= 0.6 is 11.6 Å². The Hall–Kier alpha value is -4.04. The van der Waals surface area contributed by atoms with Crippen molar-refractivity contribution in [2.24, 2.45) is 7.05 Å². The molecule has 12 heteroatoms. The Balaban J connectivity index is 1.98. The molecule has 202 valence electrons. The average molecular weight is 568 g/mol. The summed E-state index contributed by atoms with van der Waals surface area (Å²) in [6.07, 6.45) is -9.73. The van der Waals surface area contributed by atoms with Crippen molar-refractivity contribution in [3.05, 3.63) is 93.4 Å². The molecule has 0 aliphatic heterocycles. The molecule has 1 aromatic heterocycles. The summed E-state index contributed by atoms with van der Waals surface area (Å²) >= 11 is 5.76. The van der Waals surface area contributed by atoms with E-state index in [4.69, 9.17) is 16.3 Å². The predicted octanol–water partition coefficient (Wildman–Crippen LogP) is 8.34. The first-order chi connectivity index (χ1) is 18.2. The number of benzene rings is 3. The van der Waals surface area contributed by atoms with E-state index in [0.717, 1.165) is 29.4 Å². The third-order valence-corrected chi connectivity index (χ3v) is 6.19. The van der Waals surface area contributed by atoms with Crippen molar-refractivity contribution in [3.8, 4) is 34.2 Å². The lowest BCUT2D eigenvalue weighted by atomic mass is 9.92. The maximum atomic E-state index is 15.5. The van der Waals surface area contributed by atoms with Crippen LogP contribution in [0.2, 0.25) is 5.02 Å². The van der Waals surface area contributed by atoms with Gasteiger partial charge in [-0.25, -0.2) is 4.39 Å².